The molecule has 1 saturated carbocycles. The average Bonchev–Trinajstić information content (AvgIpc) is 3.10. The first-order valence-corrected chi connectivity index (χ1v) is 12.5. The summed E-state index contributed by atoms with van der Waals surface area (Å²) in [4.78, 5) is 0. The number of hydrogen-bond donors (Lipinski definition) is 0. The SMILES string of the molecule is C=C(CCC)C1=C(C)C=C2CC(=Cc3cc(C)c(C)c(C(=C)C)c3)C(=C)C2C1c1ccccc1. The molecule has 2 aliphatic carbocycles. The van der Waals surface area contributed by atoms with Crippen molar-refractivity contribution in [2.24, 2.45) is 5.92 Å². The lowest BCUT2D eigenvalue weighted by Gasteiger charge is -2.34. The molecule has 2 atom stereocenters. The van der Waals surface area contributed by atoms with Crippen molar-refractivity contribution in [3.05, 3.63) is 130 Å². The van der Waals surface area contributed by atoms with E-state index in [0.29, 0.717) is 5.92 Å². The molecule has 0 radical (unpaired) electrons. The molecule has 0 spiro atoms. The van der Waals surface area contributed by atoms with E-state index in [2.05, 4.69) is 109 Å². The maximum absolute atomic E-state index is 4.68. The Morgan fingerprint density at radius 3 is 2.38 bits per heavy atom. The van der Waals surface area contributed by atoms with Crippen molar-refractivity contribution in [2.75, 3.05) is 0 Å². The lowest BCUT2D eigenvalue weighted by Crippen LogP contribution is -2.21. The highest BCUT2D eigenvalue weighted by atomic mass is 14.4. The molecule has 0 bridgehead atoms. The Hall–Kier alpha value is -3.12. The smallest absolute Gasteiger partial charge is 0.0201 e. The first-order valence-electron chi connectivity index (χ1n) is 12.5. The van der Waals surface area contributed by atoms with Crippen LogP contribution in [0.3, 0.4) is 0 Å². The highest BCUT2D eigenvalue weighted by Gasteiger charge is 2.40. The topological polar surface area (TPSA) is 0 Å². The fourth-order valence-electron chi connectivity index (χ4n) is 5.90. The van der Waals surface area contributed by atoms with Crippen molar-refractivity contribution < 1.29 is 0 Å². The molecule has 1 fully saturated rings. The van der Waals surface area contributed by atoms with Gasteiger partial charge in [-0.2, -0.15) is 0 Å². The van der Waals surface area contributed by atoms with E-state index in [1.165, 1.54) is 61.3 Å². The quantitative estimate of drug-likeness (QED) is 0.414. The Bertz CT molecular complexity index is 1260. The third kappa shape index (κ3) is 4.34. The summed E-state index contributed by atoms with van der Waals surface area (Å²) in [5, 5.41) is 0. The Morgan fingerprint density at radius 1 is 1.03 bits per heavy atom. The fourth-order valence-corrected chi connectivity index (χ4v) is 5.90. The van der Waals surface area contributed by atoms with Crippen molar-refractivity contribution in [3.8, 4) is 0 Å². The summed E-state index contributed by atoms with van der Waals surface area (Å²) < 4.78 is 0. The number of aryl methyl sites for hydroxylation is 1. The normalized spacial score (nSPS) is 21.0. The maximum Gasteiger partial charge on any atom is 0.0201 e. The van der Waals surface area contributed by atoms with E-state index in [1.54, 1.807) is 0 Å². The van der Waals surface area contributed by atoms with Crippen LogP contribution in [0.5, 0.6) is 0 Å². The van der Waals surface area contributed by atoms with Gasteiger partial charge in [-0.3, -0.25) is 0 Å². The lowest BCUT2D eigenvalue weighted by atomic mass is 9.69. The average molecular weight is 447 g/mol. The predicted octanol–water partition coefficient (Wildman–Crippen LogP) is 9.69. The van der Waals surface area contributed by atoms with Crippen LogP contribution in [0.1, 0.15) is 73.8 Å². The van der Waals surface area contributed by atoms with Gasteiger partial charge in [-0.25, -0.2) is 0 Å². The molecule has 0 N–H and O–H groups in total. The molecular weight excluding hydrogens is 408 g/mol. The van der Waals surface area contributed by atoms with E-state index in [0.717, 1.165) is 24.8 Å². The van der Waals surface area contributed by atoms with Crippen molar-refractivity contribution in [1.29, 1.82) is 0 Å². The van der Waals surface area contributed by atoms with Crippen LogP contribution in [-0.4, -0.2) is 0 Å². The van der Waals surface area contributed by atoms with Crippen molar-refractivity contribution in [3.63, 3.8) is 0 Å². The van der Waals surface area contributed by atoms with Crippen LogP contribution in [0.4, 0.5) is 0 Å². The van der Waals surface area contributed by atoms with E-state index in [4.69, 9.17) is 0 Å². The van der Waals surface area contributed by atoms with E-state index in [1.807, 2.05) is 0 Å². The summed E-state index contributed by atoms with van der Waals surface area (Å²) in [6, 6.07) is 15.6. The Labute approximate surface area is 206 Å². The van der Waals surface area contributed by atoms with Crippen LogP contribution in [0, 0.1) is 19.8 Å². The minimum absolute atomic E-state index is 0.282. The van der Waals surface area contributed by atoms with Crippen molar-refractivity contribution >= 4 is 11.6 Å². The monoisotopic (exact) mass is 446 g/mol. The van der Waals surface area contributed by atoms with Crippen molar-refractivity contribution in [1.82, 2.24) is 0 Å². The van der Waals surface area contributed by atoms with Gasteiger partial charge in [-0.05, 0) is 96.7 Å². The van der Waals surface area contributed by atoms with E-state index in [-0.39, 0.29) is 5.92 Å². The molecule has 2 aromatic rings. The summed E-state index contributed by atoms with van der Waals surface area (Å²) in [6.07, 6.45) is 7.90. The van der Waals surface area contributed by atoms with E-state index < -0.39 is 0 Å². The summed E-state index contributed by atoms with van der Waals surface area (Å²) in [5.41, 5.74) is 15.8. The molecule has 0 aromatic heterocycles. The van der Waals surface area contributed by atoms with Crippen LogP contribution in [0.15, 0.2) is 102 Å². The Kier molecular flexibility index (Phi) is 6.80. The van der Waals surface area contributed by atoms with Crippen LogP contribution in [-0.2, 0) is 0 Å². The van der Waals surface area contributed by atoms with Gasteiger partial charge >= 0.3 is 0 Å². The second kappa shape index (κ2) is 9.63. The standard InChI is InChI=1S/C34H38/c1-9-13-22(4)32-24(6)17-30-20-29(18-27-16-23(5)25(7)31(19-27)21(2)3)26(8)33(30)34(32)28-14-11-10-12-15-28/h10-12,14-19,33-34H,2,4,8-9,13,20H2,1,3,5-7H3. The first-order chi connectivity index (χ1) is 16.2. The number of allylic oxidation sites excluding steroid dienone is 8. The zero-order chi connectivity index (χ0) is 24.6. The second-order valence-electron chi connectivity index (χ2n) is 10.2. The van der Waals surface area contributed by atoms with E-state index in [9.17, 15) is 0 Å². The van der Waals surface area contributed by atoms with Crippen LogP contribution >= 0.6 is 0 Å². The summed E-state index contributed by atoms with van der Waals surface area (Å²) in [5.74, 6) is 0.581. The summed E-state index contributed by atoms with van der Waals surface area (Å²) >= 11 is 0. The molecule has 174 valence electrons. The molecule has 0 amide bonds. The number of benzene rings is 2. The van der Waals surface area contributed by atoms with Gasteiger partial charge in [0.15, 0.2) is 0 Å². The highest BCUT2D eigenvalue weighted by molar-refractivity contribution is 5.72. The molecule has 2 aromatic carbocycles. The highest BCUT2D eigenvalue weighted by Crippen LogP contribution is 2.55. The Balaban J connectivity index is 1.80. The molecule has 2 unspecified atom stereocenters. The zero-order valence-electron chi connectivity index (χ0n) is 21.6. The van der Waals surface area contributed by atoms with Gasteiger partial charge < -0.3 is 0 Å². The third-order valence-corrected chi connectivity index (χ3v) is 7.63. The van der Waals surface area contributed by atoms with Gasteiger partial charge in [0.05, 0.1) is 0 Å². The maximum atomic E-state index is 4.68. The van der Waals surface area contributed by atoms with Gasteiger partial charge in [0.25, 0.3) is 0 Å². The molecule has 0 nitrogen and oxygen atoms in total. The molecular formula is C34H38. The second-order valence-corrected chi connectivity index (χ2v) is 10.2. The number of fused-ring (bicyclic) bond motifs is 1. The predicted molar refractivity (Wildman–Crippen MR) is 150 cm³/mol. The van der Waals surface area contributed by atoms with E-state index >= 15 is 0 Å². The van der Waals surface area contributed by atoms with Gasteiger partial charge in [0.1, 0.15) is 0 Å². The Morgan fingerprint density at radius 2 is 1.74 bits per heavy atom. The zero-order valence-corrected chi connectivity index (χ0v) is 21.6. The molecule has 0 aliphatic heterocycles. The van der Waals surface area contributed by atoms with Gasteiger partial charge in [-0.15, -0.1) is 0 Å². The van der Waals surface area contributed by atoms with Gasteiger partial charge in [0, 0.05) is 11.8 Å². The molecule has 0 saturated heterocycles. The first kappa shape index (κ1) is 24.0. The minimum Gasteiger partial charge on any atom is -0.0955 e. The summed E-state index contributed by atoms with van der Waals surface area (Å²) in [7, 11) is 0. The van der Waals surface area contributed by atoms with Crippen LogP contribution < -0.4 is 0 Å². The van der Waals surface area contributed by atoms with Crippen LogP contribution in [0.2, 0.25) is 0 Å². The number of hydrogen-bond acceptors (Lipinski definition) is 0. The largest absolute Gasteiger partial charge is 0.0955 e. The van der Waals surface area contributed by atoms with Crippen molar-refractivity contribution in [2.45, 2.75) is 59.8 Å². The molecule has 2 aliphatic rings. The lowest BCUT2D eigenvalue weighted by molar-refractivity contribution is 0.619. The van der Waals surface area contributed by atoms with Gasteiger partial charge in [0.2, 0.25) is 0 Å². The molecule has 4 rings (SSSR count). The number of rotatable bonds is 6. The minimum atomic E-state index is 0.282. The molecule has 0 heteroatoms. The molecule has 0 heterocycles. The molecule has 34 heavy (non-hydrogen) atoms. The van der Waals surface area contributed by atoms with Crippen LogP contribution in [0.25, 0.3) is 11.6 Å². The van der Waals surface area contributed by atoms with Gasteiger partial charge in [-0.1, -0.05) is 98.4 Å². The fraction of sp³-hybridized carbons (Fsp3) is 0.294. The third-order valence-electron chi connectivity index (χ3n) is 7.63. The summed E-state index contributed by atoms with van der Waals surface area (Å²) in [6.45, 7) is 24.4.